The van der Waals surface area contributed by atoms with E-state index in [4.69, 9.17) is 21.4 Å². The molecule has 6 heteroatoms. The molecule has 2 rings (SSSR count). The predicted molar refractivity (Wildman–Crippen MR) is 70.0 cm³/mol. The summed E-state index contributed by atoms with van der Waals surface area (Å²) in [5.41, 5.74) is 1.61. The third-order valence-corrected chi connectivity index (χ3v) is 2.71. The highest BCUT2D eigenvalue weighted by Crippen LogP contribution is 2.30. The number of hydrogen-bond acceptors (Lipinski definition) is 4. The molecule has 1 aromatic carbocycles. The molecule has 2 aromatic rings. The maximum atomic E-state index is 10.7. The summed E-state index contributed by atoms with van der Waals surface area (Å²) in [5.74, 6) is -0.252. The number of carboxylic acids is 1. The Kier molecular flexibility index (Phi) is 3.66. The fraction of sp³-hybridized carbons (Fsp3) is 0.154. The Balaban J connectivity index is 2.29. The number of hydrogen-bond donors (Lipinski definition) is 1. The Labute approximate surface area is 114 Å². The van der Waals surface area contributed by atoms with Crippen LogP contribution in [0.25, 0.3) is 0 Å². The maximum Gasteiger partial charge on any atom is 0.356 e. The van der Waals surface area contributed by atoms with Gasteiger partial charge in [0.2, 0.25) is 5.88 Å². The molecule has 0 unspecified atom stereocenters. The molecule has 5 nitrogen and oxygen atoms in total. The number of ether oxygens (including phenoxy) is 1. The van der Waals surface area contributed by atoms with E-state index in [1.807, 2.05) is 13.8 Å². The lowest BCUT2D eigenvalue weighted by Crippen LogP contribution is -2.02. The standard InChI is InChI=1S/C13H11ClN2O3/c1-7-5-9(14)6-8(2)12(7)19-11-4-3-10(13(17)18)15-16-11/h3-6H,1-2H3,(H,17,18). The summed E-state index contributed by atoms with van der Waals surface area (Å²) < 4.78 is 5.60. The van der Waals surface area contributed by atoms with Crippen LogP contribution >= 0.6 is 11.6 Å². The fourth-order valence-corrected chi connectivity index (χ4v) is 1.98. The summed E-state index contributed by atoms with van der Waals surface area (Å²) in [4.78, 5) is 10.7. The molecule has 98 valence electrons. The maximum absolute atomic E-state index is 10.7. The second kappa shape index (κ2) is 5.24. The first-order valence-corrected chi connectivity index (χ1v) is 5.87. The largest absolute Gasteiger partial charge is 0.476 e. The van der Waals surface area contributed by atoms with Gasteiger partial charge in [0.05, 0.1) is 0 Å². The molecule has 1 N–H and O–H groups in total. The van der Waals surface area contributed by atoms with Crippen molar-refractivity contribution in [1.29, 1.82) is 0 Å². The number of halogens is 1. The number of aromatic carboxylic acids is 1. The smallest absolute Gasteiger partial charge is 0.356 e. The molecule has 1 heterocycles. The number of aromatic nitrogens is 2. The number of benzene rings is 1. The van der Waals surface area contributed by atoms with Crippen molar-refractivity contribution in [2.24, 2.45) is 0 Å². The van der Waals surface area contributed by atoms with E-state index in [0.29, 0.717) is 10.8 Å². The van der Waals surface area contributed by atoms with Crippen LogP contribution in [0.1, 0.15) is 21.6 Å². The van der Waals surface area contributed by atoms with E-state index >= 15 is 0 Å². The fourth-order valence-electron chi connectivity index (χ4n) is 1.65. The lowest BCUT2D eigenvalue weighted by Gasteiger charge is -2.11. The van der Waals surface area contributed by atoms with E-state index in [1.54, 1.807) is 12.1 Å². The lowest BCUT2D eigenvalue weighted by atomic mass is 10.1. The highest BCUT2D eigenvalue weighted by molar-refractivity contribution is 6.30. The van der Waals surface area contributed by atoms with Crippen molar-refractivity contribution in [2.45, 2.75) is 13.8 Å². The minimum absolute atomic E-state index is 0.128. The SMILES string of the molecule is Cc1cc(Cl)cc(C)c1Oc1ccc(C(=O)O)nn1. The molecule has 19 heavy (non-hydrogen) atoms. The van der Waals surface area contributed by atoms with Gasteiger partial charge in [0.1, 0.15) is 5.75 Å². The van der Waals surface area contributed by atoms with Crippen LogP contribution in [0, 0.1) is 13.8 Å². The van der Waals surface area contributed by atoms with Gasteiger partial charge in [-0.15, -0.1) is 10.2 Å². The second-order valence-corrected chi connectivity index (χ2v) is 4.47. The van der Waals surface area contributed by atoms with E-state index in [1.165, 1.54) is 12.1 Å². The average molecular weight is 279 g/mol. The molecule has 0 fully saturated rings. The molecule has 0 atom stereocenters. The Morgan fingerprint density at radius 1 is 1.21 bits per heavy atom. The first-order valence-electron chi connectivity index (χ1n) is 5.49. The van der Waals surface area contributed by atoms with Crippen molar-refractivity contribution < 1.29 is 14.6 Å². The van der Waals surface area contributed by atoms with Gasteiger partial charge in [-0.25, -0.2) is 4.79 Å². The van der Waals surface area contributed by atoms with Crippen molar-refractivity contribution in [3.63, 3.8) is 0 Å². The van der Waals surface area contributed by atoms with E-state index in [0.717, 1.165) is 11.1 Å². The van der Waals surface area contributed by atoms with Crippen molar-refractivity contribution in [2.75, 3.05) is 0 Å². The Morgan fingerprint density at radius 3 is 2.32 bits per heavy atom. The van der Waals surface area contributed by atoms with Gasteiger partial charge in [-0.2, -0.15) is 0 Å². The first-order chi connectivity index (χ1) is 8.97. The van der Waals surface area contributed by atoms with E-state index in [2.05, 4.69) is 10.2 Å². The summed E-state index contributed by atoms with van der Waals surface area (Å²) >= 11 is 5.93. The zero-order chi connectivity index (χ0) is 14.0. The normalized spacial score (nSPS) is 10.3. The molecular formula is C13H11ClN2O3. The minimum atomic E-state index is -1.13. The molecule has 0 bridgehead atoms. The number of carbonyl (C=O) groups is 1. The molecule has 0 amide bonds. The van der Waals surface area contributed by atoms with Gasteiger partial charge < -0.3 is 9.84 Å². The van der Waals surface area contributed by atoms with Crippen LogP contribution in [-0.4, -0.2) is 21.3 Å². The first kappa shape index (κ1) is 13.3. The van der Waals surface area contributed by atoms with Crippen LogP contribution in [0.5, 0.6) is 11.6 Å². The van der Waals surface area contributed by atoms with Gasteiger partial charge in [0.15, 0.2) is 5.69 Å². The van der Waals surface area contributed by atoms with Gasteiger partial charge in [-0.1, -0.05) is 11.6 Å². The summed E-state index contributed by atoms with van der Waals surface area (Å²) in [5, 5.41) is 16.6. The Bertz CT molecular complexity index is 603. The zero-order valence-corrected chi connectivity index (χ0v) is 11.1. The quantitative estimate of drug-likeness (QED) is 0.933. The molecule has 0 radical (unpaired) electrons. The Morgan fingerprint density at radius 2 is 1.84 bits per heavy atom. The lowest BCUT2D eigenvalue weighted by molar-refractivity contribution is 0.0689. The van der Waals surface area contributed by atoms with Crippen molar-refractivity contribution in [1.82, 2.24) is 10.2 Å². The van der Waals surface area contributed by atoms with E-state index in [-0.39, 0.29) is 11.6 Å². The van der Waals surface area contributed by atoms with Crippen LogP contribution in [-0.2, 0) is 0 Å². The van der Waals surface area contributed by atoms with Crippen LogP contribution < -0.4 is 4.74 Å². The van der Waals surface area contributed by atoms with Crippen LogP contribution in [0.15, 0.2) is 24.3 Å². The third-order valence-electron chi connectivity index (χ3n) is 2.49. The van der Waals surface area contributed by atoms with E-state index in [9.17, 15) is 4.79 Å². The summed E-state index contributed by atoms with van der Waals surface area (Å²) in [7, 11) is 0. The topological polar surface area (TPSA) is 72.3 Å². The molecule has 0 spiro atoms. The monoisotopic (exact) mass is 278 g/mol. The van der Waals surface area contributed by atoms with Gasteiger partial charge in [-0.05, 0) is 43.2 Å². The van der Waals surface area contributed by atoms with Gasteiger partial charge in [-0.3, -0.25) is 0 Å². The summed E-state index contributed by atoms with van der Waals surface area (Å²) in [6.45, 7) is 3.74. The zero-order valence-electron chi connectivity index (χ0n) is 10.3. The molecule has 1 aromatic heterocycles. The molecular weight excluding hydrogens is 268 g/mol. The van der Waals surface area contributed by atoms with Gasteiger partial charge in [0.25, 0.3) is 0 Å². The second-order valence-electron chi connectivity index (χ2n) is 4.03. The summed E-state index contributed by atoms with van der Waals surface area (Å²) in [6.07, 6.45) is 0. The third kappa shape index (κ3) is 3.00. The van der Waals surface area contributed by atoms with Crippen molar-refractivity contribution in [3.8, 4) is 11.6 Å². The molecule has 0 saturated heterocycles. The number of carboxylic acid groups (broad SMARTS) is 1. The number of rotatable bonds is 3. The highest BCUT2D eigenvalue weighted by Gasteiger charge is 2.10. The minimum Gasteiger partial charge on any atom is -0.476 e. The van der Waals surface area contributed by atoms with Crippen LogP contribution in [0.3, 0.4) is 0 Å². The average Bonchev–Trinajstić information content (AvgIpc) is 2.34. The molecule has 0 aliphatic heterocycles. The van der Waals surface area contributed by atoms with Crippen molar-refractivity contribution >= 4 is 17.6 Å². The van der Waals surface area contributed by atoms with Crippen LogP contribution in [0.4, 0.5) is 0 Å². The van der Waals surface area contributed by atoms with Crippen LogP contribution in [0.2, 0.25) is 5.02 Å². The van der Waals surface area contributed by atoms with Crippen molar-refractivity contribution in [3.05, 3.63) is 46.1 Å². The predicted octanol–water partition coefficient (Wildman–Crippen LogP) is 3.24. The molecule has 0 saturated carbocycles. The Hall–Kier alpha value is -2.14. The molecule has 0 aliphatic carbocycles. The summed E-state index contributed by atoms with van der Waals surface area (Å²) in [6, 6.07) is 6.36. The van der Waals surface area contributed by atoms with Gasteiger partial charge >= 0.3 is 5.97 Å². The number of aryl methyl sites for hydroxylation is 2. The number of nitrogens with zero attached hydrogens (tertiary/aromatic N) is 2. The van der Waals surface area contributed by atoms with Gasteiger partial charge in [0, 0.05) is 11.1 Å². The molecule has 0 aliphatic rings. The van der Waals surface area contributed by atoms with E-state index < -0.39 is 5.97 Å². The highest BCUT2D eigenvalue weighted by atomic mass is 35.5.